The van der Waals surface area contributed by atoms with E-state index in [2.05, 4.69) is 21.2 Å². The molecule has 0 bridgehead atoms. The number of amides is 3. The van der Waals surface area contributed by atoms with E-state index in [-0.39, 0.29) is 6.54 Å². The predicted octanol–water partition coefficient (Wildman–Crippen LogP) is 4.68. The maximum atomic E-state index is 12.4. The van der Waals surface area contributed by atoms with E-state index in [1.807, 2.05) is 36.4 Å². The lowest BCUT2D eigenvalue weighted by Crippen LogP contribution is -2.36. The second-order valence-electron chi connectivity index (χ2n) is 5.62. The molecule has 0 atom stereocenters. The highest BCUT2D eigenvalue weighted by molar-refractivity contribution is 9.10. The molecule has 0 spiro atoms. The van der Waals surface area contributed by atoms with Crippen molar-refractivity contribution in [3.05, 3.63) is 81.7 Å². The van der Waals surface area contributed by atoms with Crippen molar-refractivity contribution in [3.8, 4) is 0 Å². The SMILES string of the molecule is O=C(CN1C(=O)S/C(=C/C=C/c2ccccc2)C1=O)Nc1ccc(Br)cc1. The van der Waals surface area contributed by atoms with Gasteiger partial charge in [0.2, 0.25) is 5.91 Å². The molecule has 0 aliphatic carbocycles. The quantitative estimate of drug-likeness (QED) is 0.682. The van der Waals surface area contributed by atoms with Crippen molar-refractivity contribution in [2.75, 3.05) is 11.9 Å². The molecule has 3 rings (SSSR count). The predicted molar refractivity (Wildman–Crippen MR) is 111 cm³/mol. The number of carbonyl (C=O) groups excluding carboxylic acids is 3. The van der Waals surface area contributed by atoms with E-state index < -0.39 is 17.1 Å². The first-order valence-electron chi connectivity index (χ1n) is 8.05. The van der Waals surface area contributed by atoms with E-state index in [9.17, 15) is 14.4 Å². The Labute approximate surface area is 169 Å². The molecule has 136 valence electrons. The topological polar surface area (TPSA) is 66.5 Å². The summed E-state index contributed by atoms with van der Waals surface area (Å²) >= 11 is 4.14. The Hall–Kier alpha value is -2.64. The first-order valence-corrected chi connectivity index (χ1v) is 9.66. The number of thioether (sulfide) groups is 1. The van der Waals surface area contributed by atoms with Gasteiger partial charge in [-0.3, -0.25) is 19.3 Å². The zero-order valence-corrected chi connectivity index (χ0v) is 16.5. The van der Waals surface area contributed by atoms with Crippen LogP contribution in [0.5, 0.6) is 0 Å². The van der Waals surface area contributed by atoms with Crippen LogP contribution in [0.4, 0.5) is 10.5 Å². The summed E-state index contributed by atoms with van der Waals surface area (Å²) in [6, 6.07) is 16.6. The fourth-order valence-corrected chi connectivity index (χ4v) is 3.39. The number of allylic oxidation sites excluding steroid dienone is 2. The van der Waals surface area contributed by atoms with Crippen molar-refractivity contribution in [3.63, 3.8) is 0 Å². The number of imide groups is 1. The normalized spacial score (nSPS) is 15.7. The lowest BCUT2D eigenvalue weighted by atomic mass is 10.2. The van der Waals surface area contributed by atoms with Crippen LogP contribution in [0.1, 0.15) is 5.56 Å². The highest BCUT2D eigenvalue weighted by Crippen LogP contribution is 2.30. The number of hydrogen-bond donors (Lipinski definition) is 1. The molecule has 0 aromatic heterocycles. The first kappa shape index (κ1) is 19.1. The van der Waals surface area contributed by atoms with Crippen LogP contribution in [0.2, 0.25) is 0 Å². The Kier molecular flexibility index (Phi) is 6.26. The largest absolute Gasteiger partial charge is 0.325 e. The van der Waals surface area contributed by atoms with Gasteiger partial charge in [-0.15, -0.1) is 0 Å². The average Bonchev–Trinajstić information content (AvgIpc) is 2.92. The molecule has 0 radical (unpaired) electrons. The Morgan fingerprint density at radius 1 is 1.07 bits per heavy atom. The number of nitrogens with zero attached hydrogens (tertiary/aromatic N) is 1. The number of halogens is 1. The summed E-state index contributed by atoms with van der Waals surface area (Å²) in [4.78, 5) is 37.8. The van der Waals surface area contributed by atoms with Crippen molar-refractivity contribution in [1.29, 1.82) is 0 Å². The number of rotatable bonds is 5. The highest BCUT2D eigenvalue weighted by Gasteiger charge is 2.35. The molecule has 0 unspecified atom stereocenters. The molecule has 2 aromatic carbocycles. The van der Waals surface area contributed by atoms with Crippen LogP contribution in [-0.4, -0.2) is 28.5 Å². The van der Waals surface area contributed by atoms with Gasteiger partial charge in [0.1, 0.15) is 6.54 Å². The molecule has 27 heavy (non-hydrogen) atoms. The van der Waals surface area contributed by atoms with Gasteiger partial charge in [0, 0.05) is 10.2 Å². The molecule has 5 nitrogen and oxygen atoms in total. The van der Waals surface area contributed by atoms with Crippen LogP contribution < -0.4 is 5.32 Å². The van der Waals surface area contributed by atoms with Gasteiger partial charge >= 0.3 is 0 Å². The molecule has 1 heterocycles. The standard InChI is InChI=1S/C20H15BrN2O3S/c21-15-9-11-16(12-10-15)22-18(24)13-23-19(25)17(27-20(23)26)8-4-7-14-5-2-1-3-6-14/h1-12H,13H2,(H,22,24)/b7-4+,17-8+. The van der Waals surface area contributed by atoms with Gasteiger partial charge in [-0.1, -0.05) is 58.4 Å². The summed E-state index contributed by atoms with van der Waals surface area (Å²) < 4.78 is 0.889. The molecule has 1 N–H and O–H groups in total. The molecular weight excluding hydrogens is 428 g/mol. The van der Waals surface area contributed by atoms with Crippen molar-refractivity contribution < 1.29 is 14.4 Å². The second kappa shape index (κ2) is 8.83. The Morgan fingerprint density at radius 3 is 2.48 bits per heavy atom. The molecule has 1 aliphatic rings. The van der Waals surface area contributed by atoms with Crippen molar-refractivity contribution >= 4 is 56.5 Å². The van der Waals surface area contributed by atoms with Gasteiger partial charge in [0.05, 0.1) is 4.91 Å². The smallest absolute Gasteiger partial charge is 0.294 e. The minimum Gasteiger partial charge on any atom is -0.325 e. The minimum absolute atomic E-state index is 0.295. The molecule has 2 aromatic rings. The summed E-state index contributed by atoms with van der Waals surface area (Å²) in [5.41, 5.74) is 1.58. The Balaban J connectivity index is 1.61. The van der Waals surface area contributed by atoms with Crippen LogP contribution in [0.15, 0.2) is 76.1 Å². The second-order valence-corrected chi connectivity index (χ2v) is 7.52. The Morgan fingerprint density at radius 2 is 1.78 bits per heavy atom. The zero-order valence-electron chi connectivity index (χ0n) is 14.1. The van der Waals surface area contributed by atoms with Crippen LogP contribution in [0.25, 0.3) is 6.08 Å². The highest BCUT2D eigenvalue weighted by atomic mass is 79.9. The van der Waals surface area contributed by atoms with E-state index >= 15 is 0 Å². The van der Waals surface area contributed by atoms with Gasteiger partial charge in [0.25, 0.3) is 11.1 Å². The third kappa shape index (κ3) is 5.18. The maximum absolute atomic E-state index is 12.4. The summed E-state index contributed by atoms with van der Waals surface area (Å²) in [5, 5.41) is 2.21. The lowest BCUT2D eigenvalue weighted by molar-refractivity contribution is -0.127. The Bertz CT molecular complexity index is 924. The van der Waals surface area contributed by atoms with Gasteiger partial charge in [-0.05, 0) is 47.7 Å². The summed E-state index contributed by atoms with van der Waals surface area (Å²) in [7, 11) is 0. The van der Waals surface area contributed by atoms with Gasteiger partial charge in [-0.2, -0.15) is 0 Å². The molecule has 7 heteroatoms. The summed E-state index contributed by atoms with van der Waals surface area (Å²) in [5.74, 6) is -0.894. The van der Waals surface area contributed by atoms with E-state index in [0.29, 0.717) is 10.6 Å². The van der Waals surface area contributed by atoms with Crippen molar-refractivity contribution in [2.24, 2.45) is 0 Å². The van der Waals surface area contributed by atoms with E-state index in [4.69, 9.17) is 0 Å². The summed E-state index contributed by atoms with van der Waals surface area (Å²) in [6.07, 6.45) is 5.15. The summed E-state index contributed by atoms with van der Waals surface area (Å²) in [6.45, 7) is -0.319. The van der Waals surface area contributed by atoms with Crippen LogP contribution >= 0.6 is 27.7 Å². The number of nitrogens with one attached hydrogen (secondary N) is 1. The van der Waals surface area contributed by atoms with Crippen molar-refractivity contribution in [2.45, 2.75) is 0 Å². The van der Waals surface area contributed by atoms with Gasteiger partial charge in [-0.25, -0.2) is 0 Å². The van der Waals surface area contributed by atoms with E-state index in [0.717, 1.165) is 26.7 Å². The first-order chi connectivity index (χ1) is 13.0. The maximum Gasteiger partial charge on any atom is 0.294 e. The third-order valence-electron chi connectivity index (χ3n) is 3.64. The fraction of sp³-hybridized carbons (Fsp3) is 0.0500. The third-order valence-corrected chi connectivity index (χ3v) is 5.09. The molecule has 3 amide bonds. The molecule has 1 saturated heterocycles. The molecule has 1 aliphatic heterocycles. The fourth-order valence-electron chi connectivity index (χ4n) is 2.34. The van der Waals surface area contributed by atoms with Crippen LogP contribution in [0, 0.1) is 0 Å². The molecule has 0 saturated carbocycles. The lowest BCUT2D eigenvalue weighted by Gasteiger charge is -2.12. The van der Waals surface area contributed by atoms with Gasteiger partial charge < -0.3 is 5.32 Å². The van der Waals surface area contributed by atoms with Gasteiger partial charge in [0.15, 0.2) is 0 Å². The number of hydrogen-bond acceptors (Lipinski definition) is 4. The molecule has 1 fully saturated rings. The van der Waals surface area contributed by atoms with E-state index in [1.165, 1.54) is 0 Å². The minimum atomic E-state index is -0.464. The average molecular weight is 443 g/mol. The zero-order chi connectivity index (χ0) is 19.2. The monoisotopic (exact) mass is 442 g/mol. The number of carbonyl (C=O) groups is 3. The van der Waals surface area contributed by atoms with Crippen LogP contribution in [-0.2, 0) is 9.59 Å². The number of anilines is 1. The molecular formula is C20H15BrN2O3S. The van der Waals surface area contributed by atoms with E-state index in [1.54, 1.807) is 36.4 Å². The van der Waals surface area contributed by atoms with Crippen LogP contribution in [0.3, 0.4) is 0 Å². The van der Waals surface area contributed by atoms with Crippen molar-refractivity contribution in [1.82, 2.24) is 4.90 Å². The number of benzene rings is 2.